The number of aryl methyl sites for hydroxylation is 1. The molecule has 126 valence electrons. The molecule has 3 aromatic rings. The van der Waals surface area contributed by atoms with Crippen LogP contribution >= 0.6 is 0 Å². The third-order valence-corrected chi connectivity index (χ3v) is 4.54. The molecule has 1 aliphatic heterocycles. The zero-order chi connectivity index (χ0) is 17.2. The summed E-state index contributed by atoms with van der Waals surface area (Å²) in [7, 11) is 0. The van der Waals surface area contributed by atoms with Gasteiger partial charge in [-0.1, -0.05) is 18.2 Å². The summed E-state index contributed by atoms with van der Waals surface area (Å²) in [6, 6.07) is 11.1. The quantitative estimate of drug-likeness (QED) is 0.734. The maximum absolute atomic E-state index is 13.0. The van der Waals surface area contributed by atoms with Gasteiger partial charge in [-0.25, -0.2) is 0 Å². The maximum Gasteiger partial charge on any atom is 0.254 e. The molecule has 3 heterocycles. The number of hydrogen-bond acceptors (Lipinski definition) is 5. The van der Waals surface area contributed by atoms with E-state index in [0.717, 1.165) is 29.5 Å². The molecular formula is C19H18N4O2. The van der Waals surface area contributed by atoms with Crippen molar-refractivity contribution in [1.29, 1.82) is 0 Å². The molecule has 1 saturated heterocycles. The van der Waals surface area contributed by atoms with E-state index in [0.29, 0.717) is 18.3 Å². The van der Waals surface area contributed by atoms with Crippen LogP contribution in [0.3, 0.4) is 0 Å². The first-order chi connectivity index (χ1) is 12.2. The van der Waals surface area contributed by atoms with E-state index >= 15 is 0 Å². The highest BCUT2D eigenvalue weighted by Gasteiger charge is 2.34. The lowest BCUT2D eigenvalue weighted by Crippen LogP contribution is -2.31. The fraction of sp³-hybridized carbons (Fsp3) is 0.263. The van der Waals surface area contributed by atoms with E-state index in [1.807, 2.05) is 48.2 Å². The minimum atomic E-state index is -0.171. The van der Waals surface area contributed by atoms with Crippen molar-refractivity contribution in [2.75, 3.05) is 6.54 Å². The Labute approximate surface area is 145 Å². The van der Waals surface area contributed by atoms with Gasteiger partial charge in [-0.3, -0.25) is 9.78 Å². The van der Waals surface area contributed by atoms with E-state index in [1.54, 1.807) is 12.4 Å². The van der Waals surface area contributed by atoms with Gasteiger partial charge in [0.1, 0.15) is 6.04 Å². The predicted molar refractivity (Wildman–Crippen MR) is 91.7 cm³/mol. The average Bonchev–Trinajstić information content (AvgIpc) is 3.31. The molecule has 0 radical (unpaired) electrons. The standard InChI is InChI=1S/C19H18N4O2/c1-13-5-2-3-6-15(13)19(24)23-12-4-7-16(23)18-22-21-17(25-18)14-8-10-20-11-9-14/h2-3,5-6,8-11,16H,4,7,12H2,1H3. The van der Waals surface area contributed by atoms with Crippen molar-refractivity contribution in [3.63, 3.8) is 0 Å². The van der Waals surface area contributed by atoms with Gasteiger partial charge >= 0.3 is 0 Å². The van der Waals surface area contributed by atoms with E-state index in [9.17, 15) is 4.79 Å². The summed E-state index contributed by atoms with van der Waals surface area (Å²) in [4.78, 5) is 18.8. The Kier molecular flexibility index (Phi) is 4.01. The zero-order valence-electron chi connectivity index (χ0n) is 13.9. The number of likely N-dealkylation sites (tertiary alicyclic amines) is 1. The Bertz CT molecular complexity index is 891. The number of aromatic nitrogens is 3. The SMILES string of the molecule is Cc1ccccc1C(=O)N1CCCC1c1nnc(-c2ccncc2)o1. The summed E-state index contributed by atoms with van der Waals surface area (Å²) in [5.41, 5.74) is 2.52. The summed E-state index contributed by atoms with van der Waals surface area (Å²) >= 11 is 0. The number of carbonyl (C=O) groups excluding carboxylic acids is 1. The number of carbonyl (C=O) groups is 1. The van der Waals surface area contributed by atoms with Crippen LogP contribution in [0.15, 0.2) is 53.2 Å². The lowest BCUT2D eigenvalue weighted by Gasteiger charge is -2.22. The Hall–Kier alpha value is -3.02. The minimum Gasteiger partial charge on any atom is -0.418 e. The number of rotatable bonds is 3. The van der Waals surface area contributed by atoms with Crippen molar-refractivity contribution in [2.24, 2.45) is 0 Å². The van der Waals surface area contributed by atoms with Gasteiger partial charge in [0.15, 0.2) is 0 Å². The first-order valence-corrected chi connectivity index (χ1v) is 8.34. The molecule has 6 nitrogen and oxygen atoms in total. The van der Waals surface area contributed by atoms with Crippen LogP contribution in [0, 0.1) is 6.92 Å². The van der Waals surface area contributed by atoms with Crippen LogP contribution in [0.2, 0.25) is 0 Å². The molecule has 1 amide bonds. The van der Waals surface area contributed by atoms with Crippen LogP contribution in [-0.2, 0) is 0 Å². The third-order valence-electron chi connectivity index (χ3n) is 4.54. The van der Waals surface area contributed by atoms with Crippen molar-refractivity contribution in [1.82, 2.24) is 20.1 Å². The van der Waals surface area contributed by atoms with E-state index in [2.05, 4.69) is 15.2 Å². The summed E-state index contributed by atoms with van der Waals surface area (Å²) in [5, 5.41) is 8.33. The lowest BCUT2D eigenvalue weighted by atomic mass is 10.1. The molecule has 1 aliphatic rings. The Balaban J connectivity index is 1.61. The van der Waals surface area contributed by atoms with Crippen LogP contribution < -0.4 is 0 Å². The highest BCUT2D eigenvalue weighted by Crippen LogP contribution is 2.34. The molecule has 1 fully saturated rings. The normalized spacial score (nSPS) is 17.0. The maximum atomic E-state index is 13.0. The topological polar surface area (TPSA) is 72.1 Å². The Morgan fingerprint density at radius 1 is 1.16 bits per heavy atom. The molecule has 0 saturated carbocycles. The summed E-state index contributed by atoms with van der Waals surface area (Å²) in [6.45, 7) is 2.65. The van der Waals surface area contributed by atoms with E-state index in [1.165, 1.54) is 0 Å². The van der Waals surface area contributed by atoms with Crippen LogP contribution in [0.1, 0.15) is 40.7 Å². The van der Waals surface area contributed by atoms with E-state index in [-0.39, 0.29) is 11.9 Å². The van der Waals surface area contributed by atoms with Crippen LogP contribution in [0.25, 0.3) is 11.5 Å². The minimum absolute atomic E-state index is 0.0178. The van der Waals surface area contributed by atoms with Crippen LogP contribution in [-0.4, -0.2) is 32.5 Å². The molecule has 0 aliphatic carbocycles. The summed E-state index contributed by atoms with van der Waals surface area (Å²) in [6.07, 6.45) is 5.12. The monoisotopic (exact) mass is 334 g/mol. The van der Waals surface area contributed by atoms with Gasteiger partial charge in [0, 0.05) is 30.1 Å². The molecule has 1 unspecified atom stereocenters. The molecule has 1 atom stereocenters. The fourth-order valence-electron chi connectivity index (χ4n) is 3.21. The molecule has 4 rings (SSSR count). The summed E-state index contributed by atoms with van der Waals surface area (Å²) in [5.74, 6) is 0.961. The van der Waals surface area contributed by atoms with E-state index in [4.69, 9.17) is 4.42 Å². The first-order valence-electron chi connectivity index (χ1n) is 8.34. The van der Waals surface area contributed by atoms with E-state index < -0.39 is 0 Å². The molecule has 0 spiro atoms. The molecular weight excluding hydrogens is 316 g/mol. The van der Waals surface area contributed by atoms with Gasteiger partial charge in [-0.2, -0.15) is 0 Å². The number of amides is 1. The summed E-state index contributed by atoms with van der Waals surface area (Å²) < 4.78 is 5.86. The average molecular weight is 334 g/mol. The Morgan fingerprint density at radius 2 is 1.96 bits per heavy atom. The predicted octanol–water partition coefficient (Wildman–Crippen LogP) is 3.42. The van der Waals surface area contributed by atoms with Gasteiger partial charge in [0.2, 0.25) is 11.8 Å². The van der Waals surface area contributed by atoms with Crippen molar-refractivity contribution in [2.45, 2.75) is 25.8 Å². The largest absolute Gasteiger partial charge is 0.418 e. The van der Waals surface area contributed by atoms with Crippen molar-refractivity contribution >= 4 is 5.91 Å². The number of pyridine rings is 1. The third kappa shape index (κ3) is 2.91. The fourth-order valence-corrected chi connectivity index (χ4v) is 3.21. The highest BCUT2D eigenvalue weighted by atomic mass is 16.4. The van der Waals surface area contributed by atoms with Crippen molar-refractivity contribution in [3.8, 4) is 11.5 Å². The second-order valence-electron chi connectivity index (χ2n) is 6.15. The van der Waals surface area contributed by atoms with Gasteiger partial charge in [0.25, 0.3) is 5.91 Å². The molecule has 0 bridgehead atoms. The van der Waals surface area contributed by atoms with Gasteiger partial charge in [-0.05, 0) is 43.5 Å². The Morgan fingerprint density at radius 3 is 2.76 bits per heavy atom. The molecule has 2 aromatic heterocycles. The smallest absolute Gasteiger partial charge is 0.254 e. The molecule has 0 N–H and O–H groups in total. The van der Waals surface area contributed by atoms with Gasteiger partial charge < -0.3 is 9.32 Å². The number of nitrogens with zero attached hydrogens (tertiary/aromatic N) is 4. The van der Waals surface area contributed by atoms with Crippen LogP contribution in [0.5, 0.6) is 0 Å². The second kappa shape index (κ2) is 6.47. The van der Waals surface area contributed by atoms with Gasteiger partial charge in [-0.15, -0.1) is 10.2 Å². The first kappa shape index (κ1) is 15.5. The van der Waals surface area contributed by atoms with Crippen LogP contribution in [0.4, 0.5) is 0 Å². The lowest BCUT2D eigenvalue weighted by molar-refractivity contribution is 0.0715. The molecule has 25 heavy (non-hydrogen) atoms. The van der Waals surface area contributed by atoms with Gasteiger partial charge in [0.05, 0.1) is 0 Å². The molecule has 6 heteroatoms. The molecule has 1 aromatic carbocycles. The highest BCUT2D eigenvalue weighted by molar-refractivity contribution is 5.96. The zero-order valence-corrected chi connectivity index (χ0v) is 13.9. The number of hydrogen-bond donors (Lipinski definition) is 0. The van der Waals surface area contributed by atoms with Crippen molar-refractivity contribution in [3.05, 3.63) is 65.8 Å². The van der Waals surface area contributed by atoms with Crippen molar-refractivity contribution < 1.29 is 9.21 Å². The second-order valence-corrected chi connectivity index (χ2v) is 6.15. The number of benzene rings is 1.